The fourth-order valence-corrected chi connectivity index (χ4v) is 2.49. The molecule has 0 aromatic carbocycles. The number of nitrogens with zero attached hydrogens (tertiary/aromatic N) is 3. The molecule has 0 unspecified atom stereocenters. The Hall–Kier alpha value is -1.36. The number of aromatic nitrogens is 3. The molecule has 0 aliphatic heterocycles. The van der Waals surface area contributed by atoms with Crippen LogP contribution in [0.25, 0.3) is 0 Å². The van der Waals surface area contributed by atoms with Crippen molar-refractivity contribution in [2.75, 3.05) is 5.32 Å². The van der Waals surface area contributed by atoms with E-state index in [4.69, 9.17) is 0 Å². The van der Waals surface area contributed by atoms with Gasteiger partial charge in [-0.15, -0.1) is 11.3 Å². The third-order valence-electron chi connectivity index (χ3n) is 2.45. The van der Waals surface area contributed by atoms with Crippen LogP contribution in [0.3, 0.4) is 0 Å². The molecule has 2 heterocycles. The summed E-state index contributed by atoms with van der Waals surface area (Å²) in [4.78, 5) is 9.97. The molecule has 0 spiro atoms. The summed E-state index contributed by atoms with van der Waals surface area (Å²) in [6, 6.07) is 0. The lowest BCUT2D eigenvalue weighted by atomic mass is 10.5. The standard InChI is InChI=1S/C12H18N4S/c1-4-5-16-8-9(2)15-12(16)14-7-11-6-13-10(3)17-11/h6,8H,4-5,7H2,1-3H3,(H,14,15). The van der Waals surface area contributed by atoms with E-state index in [9.17, 15) is 0 Å². The van der Waals surface area contributed by atoms with Crippen LogP contribution in [0, 0.1) is 13.8 Å². The van der Waals surface area contributed by atoms with Crippen molar-refractivity contribution in [1.82, 2.24) is 14.5 Å². The zero-order valence-corrected chi connectivity index (χ0v) is 11.3. The topological polar surface area (TPSA) is 42.7 Å². The van der Waals surface area contributed by atoms with Gasteiger partial charge in [-0.25, -0.2) is 9.97 Å². The second kappa shape index (κ2) is 5.31. The molecule has 0 fully saturated rings. The number of thiazole rings is 1. The van der Waals surface area contributed by atoms with E-state index in [-0.39, 0.29) is 0 Å². The molecule has 4 nitrogen and oxygen atoms in total. The summed E-state index contributed by atoms with van der Waals surface area (Å²) in [5.41, 5.74) is 1.06. The molecule has 0 atom stereocenters. The molecule has 0 amide bonds. The average molecular weight is 250 g/mol. The summed E-state index contributed by atoms with van der Waals surface area (Å²) < 4.78 is 2.17. The molecule has 92 valence electrons. The SMILES string of the molecule is CCCn1cc(C)nc1NCc1cnc(C)s1. The number of nitrogens with one attached hydrogen (secondary N) is 1. The van der Waals surface area contributed by atoms with Gasteiger partial charge < -0.3 is 9.88 Å². The molecule has 0 bridgehead atoms. The van der Waals surface area contributed by atoms with Crippen LogP contribution >= 0.6 is 11.3 Å². The predicted molar refractivity (Wildman–Crippen MR) is 71.4 cm³/mol. The number of anilines is 1. The first kappa shape index (κ1) is 12.1. The number of hydrogen-bond acceptors (Lipinski definition) is 4. The molecule has 2 aromatic rings. The summed E-state index contributed by atoms with van der Waals surface area (Å²) in [6.45, 7) is 8.02. The molecule has 0 aliphatic carbocycles. The van der Waals surface area contributed by atoms with Crippen molar-refractivity contribution < 1.29 is 0 Å². The summed E-state index contributed by atoms with van der Waals surface area (Å²) in [5, 5.41) is 4.48. The summed E-state index contributed by atoms with van der Waals surface area (Å²) in [7, 11) is 0. The maximum absolute atomic E-state index is 4.49. The minimum Gasteiger partial charge on any atom is -0.351 e. The second-order valence-electron chi connectivity index (χ2n) is 4.10. The lowest BCUT2D eigenvalue weighted by Crippen LogP contribution is -2.06. The minimum absolute atomic E-state index is 0.797. The largest absolute Gasteiger partial charge is 0.351 e. The maximum Gasteiger partial charge on any atom is 0.203 e. The summed E-state index contributed by atoms with van der Waals surface area (Å²) in [6.07, 6.45) is 5.13. The molecule has 0 saturated carbocycles. The normalized spacial score (nSPS) is 10.8. The van der Waals surface area contributed by atoms with E-state index in [2.05, 4.69) is 33.0 Å². The van der Waals surface area contributed by atoms with Gasteiger partial charge in [-0.3, -0.25) is 0 Å². The third kappa shape index (κ3) is 3.06. The van der Waals surface area contributed by atoms with Crippen LogP contribution in [-0.2, 0) is 13.1 Å². The van der Waals surface area contributed by atoms with Gasteiger partial charge in [0.15, 0.2) is 0 Å². The van der Waals surface area contributed by atoms with Crippen LogP contribution in [0.2, 0.25) is 0 Å². The van der Waals surface area contributed by atoms with Crippen molar-refractivity contribution in [2.24, 2.45) is 0 Å². The lowest BCUT2D eigenvalue weighted by Gasteiger charge is -2.07. The number of imidazole rings is 1. The molecule has 0 radical (unpaired) electrons. The molecule has 0 saturated heterocycles. The van der Waals surface area contributed by atoms with Crippen molar-refractivity contribution in [3.63, 3.8) is 0 Å². The third-order valence-corrected chi connectivity index (χ3v) is 3.36. The Labute approximate surface area is 106 Å². The molecular formula is C12H18N4S. The number of hydrogen-bond donors (Lipinski definition) is 1. The Morgan fingerprint density at radius 1 is 1.41 bits per heavy atom. The average Bonchev–Trinajstić information content (AvgIpc) is 2.83. The molecule has 0 aliphatic rings. The predicted octanol–water partition coefficient (Wildman–Crippen LogP) is 2.98. The molecule has 2 aromatic heterocycles. The summed E-state index contributed by atoms with van der Waals surface area (Å²) >= 11 is 1.72. The van der Waals surface area contributed by atoms with Gasteiger partial charge in [0.2, 0.25) is 5.95 Å². The Morgan fingerprint density at radius 2 is 2.24 bits per heavy atom. The lowest BCUT2D eigenvalue weighted by molar-refractivity contribution is 0.682. The molecule has 2 rings (SSSR count). The maximum atomic E-state index is 4.49. The van der Waals surface area contributed by atoms with Gasteiger partial charge in [-0.2, -0.15) is 0 Å². The van der Waals surface area contributed by atoms with Crippen molar-refractivity contribution >= 4 is 17.3 Å². The van der Waals surface area contributed by atoms with E-state index in [1.807, 2.05) is 20.0 Å². The quantitative estimate of drug-likeness (QED) is 0.887. The smallest absolute Gasteiger partial charge is 0.203 e. The first-order chi connectivity index (χ1) is 8.19. The highest BCUT2D eigenvalue weighted by atomic mass is 32.1. The number of rotatable bonds is 5. The fourth-order valence-electron chi connectivity index (χ4n) is 1.75. The van der Waals surface area contributed by atoms with E-state index in [1.54, 1.807) is 11.3 Å². The van der Waals surface area contributed by atoms with Crippen molar-refractivity contribution in [2.45, 2.75) is 40.3 Å². The second-order valence-corrected chi connectivity index (χ2v) is 5.42. The van der Waals surface area contributed by atoms with Crippen LogP contribution in [0.5, 0.6) is 0 Å². The zero-order valence-electron chi connectivity index (χ0n) is 10.5. The van der Waals surface area contributed by atoms with Gasteiger partial charge in [-0.1, -0.05) is 6.92 Å². The first-order valence-corrected chi connectivity index (χ1v) is 6.69. The Kier molecular flexibility index (Phi) is 3.78. The van der Waals surface area contributed by atoms with Gasteiger partial charge in [0.1, 0.15) is 0 Å². The van der Waals surface area contributed by atoms with Gasteiger partial charge in [0.05, 0.1) is 17.2 Å². The van der Waals surface area contributed by atoms with Crippen molar-refractivity contribution in [3.05, 3.63) is 28.0 Å². The van der Waals surface area contributed by atoms with Crippen LogP contribution in [-0.4, -0.2) is 14.5 Å². The van der Waals surface area contributed by atoms with Crippen LogP contribution < -0.4 is 5.32 Å². The van der Waals surface area contributed by atoms with Gasteiger partial charge in [0.25, 0.3) is 0 Å². The van der Waals surface area contributed by atoms with Gasteiger partial charge >= 0.3 is 0 Å². The van der Waals surface area contributed by atoms with Crippen molar-refractivity contribution in [1.29, 1.82) is 0 Å². The Bertz CT molecular complexity index is 486. The molecule has 5 heteroatoms. The van der Waals surface area contributed by atoms with Crippen LogP contribution in [0.4, 0.5) is 5.95 Å². The zero-order chi connectivity index (χ0) is 12.3. The summed E-state index contributed by atoms with van der Waals surface area (Å²) in [5.74, 6) is 0.954. The van der Waals surface area contributed by atoms with Crippen LogP contribution in [0.15, 0.2) is 12.4 Å². The molecular weight excluding hydrogens is 232 g/mol. The first-order valence-electron chi connectivity index (χ1n) is 5.88. The van der Waals surface area contributed by atoms with Crippen molar-refractivity contribution in [3.8, 4) is 0 Å². The van der Waals surface area contributed by atoms with E-state index in [0.717, 1.165) is 36.2 Å². The Balaban J connectivity index is 2.02. The highest BCUT2D eigenvalue weighted by Gasteiger charge is 2.05. The molecule has 1 N–H and O–H groups in total. The van der Waals surface area contributed by atoms with Gasteiger partial charge in [0, 0.05) is 23.8 Å². The van der Waals surface area contributed by atoms with Crippen LogP contribution in [0.1, 0.15) is 28.9 Å². The van der Waals surface area contributed by atoms with E-state index in [1.165, 1.54) is 4.88 Å². The molecule has 17 heavy (non-hydrogen) atoms. The van der Waals surface area contributed by atoms with E-state index >= 15 is 0 Å². The monoisotopic (exact) mass is 250 g/mol. The highest BCUT2D eigenvalue weighted by Crippen LogP contribution is 2.15. The fraction of sp³-hybridized carbons (Fsp3) is 0.500. The highest BCUT2D eigenvalue weighted by molar-refractivity contribution is 7.11. The van der Waals surface area contributed by atoms with E-state index in [0.29, 0.717) is 0 Å². The minimum atomic E-state index is 0.797. The Morgan fingerprint density at radius 3 is 2.88 bits per heavy atom. The number of aryl methyl sites for hydroxylation is 3. The van der Waals surface area contributed by atoms with E-state index < -0.39 is 0 Å². The van der Waals surface area contributed by atoms with Gasteiger partial charge in [-0.05, 0) is 20.3 Å².